The Kier molecular flexibility index (Phi) is 3.83. The van der Waals surface area contributed by atoms with Gasteiger partial charge in [-0.05, 0) is 6.54 Å². The third-order valence-electron chi connectivity index (χ3n) is 0.966. The van der Waals surface area contributed by atoms with E-state index in [0.29, 0.717) is 18.7 Å². The summed E-state index contributed by atoms with van der Waals surface area (Å²) < 4.78 is 4.69. The predicted molar refractivity (Wildman–Crippen MR) is 39.3 cm³/mol. The summed E-state index contributed by atoms with van der Waals surface area (Å²) in [7, 11) is 0. The van der Waals surface area contributed by atoms with Crippen molar-refractivity contribution in [2.24, 2.45) is 5.73 Å². The molecule has 0 aliphatic carbocycles. The maximum absolute atomic E-state index is 10.4. The van der Waals surface area contributed by atoms with Crippen LogP contribution in [0.25, 0.3) is 0 Å². The molecule has 4 nitrogen and oxygen atoms in total. The number of aromatic amines is 1. The Balaban J connectivity index is 0.000000810. The first-order valence-electron chi connectivity index (χ1n) is 2.70. The van der Waals surface area contributed by atoms with Crippen LogP contribution in [0.5, 0.6) is 0 Å². The summed E-state index contributed by atoms with van der Waals surface area (Å²) >= 11 is 0. The largest absolute Gasteiger partial charge is 0.383 e. The van der Waals surface area contributed by atoms with Gasteiger partial charge in [0, 0.05) is 12.5 Å². The van der Waals surface area contributed by atoms with E-state index in [9.17, 15) is 4.79 Å². The van der Waals surface area contributed by atoms with Crippen molar-refractivity contribution in [3.63, 3.8) is 0 Å². The summed E-state index contributed by atoms with van der Waals surface area (Å²) in [4.78, 5) is 10.4. The minimum Gasteiger partial charge on any atom is -0.383 e. The molecule has 0 saturated carbocycles. The molecule has 3 N–H and O–H groups in total. The zero-order valence-corrected chi connectivity index (χ0v) is 6.11. The molecule has 0 fully saturated rings. The second-order valence-electron chi connectivity index (χ2n) is 1.72. The monoisotopic (exact) mass is 164 g/mol. The van der Waals surface area contributed by atoms with Crippen molar-refractivity contribution < 1.29 is 4.52 Å². The number of halogens is 1. The van der Waals surface area contributed by atoms with E-state index in [1.165, 1.54) is 6.07 Å². The molecule has 0 aliphatic heterocycles. The van der Waals surface area contributed by atoms with Crippen LogP contribution >= 0.6 is 12.4 Å². The molecule has 0 unspecified atom stereocenters. The first kappa shape index (κ1) is 9.26. The number of hydrogen-bond donors (Lipinski definition) is 2. The molecule has 10 heavy (non-hydrogen) atoms. The van der Waals surface area contributed by atoms with Crippen LogP contribution in [-0.4, -0.2) is 11.7 Å². The molecule has 0 aliphatic rings. The van der Waals surface area contributed by atoms with E-state index in [1.807, 2.05) is 0 Å². The van der Waals surface area contributed by atoms with Crippen LogP contribution in [-0.2, 0) is 6.42 Å². The Morgan fingerprint density at radius 3 is 2.80 bits per heavy atom. The van der Waals surface area contributed by atoms with Crippen LogP contribution in [0.15, 0.2) is 15.4 Å². The van der Waals surface area contributed by atoms with Crippen LogP contribution in [0.1, 0.15) is 5.76 Å². The zero-order chi connectivity index (χ0) is 6.69. The molecule has 0 atom stereocenters. The summed E-state index contributed by atoms with van der Waals surface area (Å²) in [5.74, 6) is 0.613. The maximum atomic E-state index is 10.4. The lowest BCUT2D eigenvalue weighted by Gasteiger charge is -1.84. The van der Waals surface area contributed by atoms with Gasteiger partial charge in [-0.1, -0.05) is 0 Å². The molecule has 0 radical (unpaired) electrons. The van der Waals surface area contributed by atoms with Crippen molar-refractivity contribution in [2.75, 3.05) is 6.54 Å². The molecular formula is C5H9ClN2O2. The normalized spacial score (nSPS) is 8.90. The highest BCUT2D eigenvalue weighted by atomic mass is 35.5. The topological polar surface area (TPSA) is 72.0 Å². The number of rotatable bonds is 2. The third-order valence-corrected chi connectivity index (χ3v) is 0.966. The fourth-order valence-corrected chi connectivity index (χ4v) is 0.586. The van der Waals surface area contributed by atoms with E-state index in [-0.39, 0.29) is 18.0 Å². The number of aromatic nitrogens is 1. The van der Waals surface area contributed by atoms with Gasteiger partial charge in [0.2, 0.25) is 0 Å². The Bertz CT molecular complexity index is 230. The first-order valence-corrected chi connectivity index (χ1v) is 2.70. The lowest BCUT2D eigenvalue weighted by Crippen LogP contribution is -2.01. The Labute approximate surface area is 63.8 Å². The molecule has 0 aromatic carbocycles. The van der Waals surface area contributed by atoms with Gasteiger partial charge in [0.1, 0.15) is 5.76 Å². The van der Waals surface area contributed by atoms with Gasteiger partial charge >= 0.3 is 0 Å². The lowest BCUT2D eigenvalue weighted by atomic mass is 10.3. The van der Waals surface area contributed by atoms with Gasteiger partial charge in [-0.3, -0.25) is 4.79 Å². The fourth-order valence-electron chi connectivity index (χ4n) is 0.586. The van der Waals surface area contributed by atoms with Crippen LogP contribution in [0, 0.1) is 0 Å². The van der Waals surface area contributed by atoms with Gasteiger partial charge in [0.25, 0.3) is 5.56 Å². The predicted octanol–water partition coefficient (Wildman–Crippen LogP) is -0.109. The fraction of sp³-hybridized carbons (Fsp3) is 0.400. The van der Waals surface area contributed by atoms with Crippen LogP contribution in [0.4, 0.5) is 0 Å². The summed E-state index contributed by atoms with van der Waals surface area (Å²) in [5.41, 5.74) is 4.98. The molecule has 0 spiro atoms. The zero-order valence-electron chi connectivity index (χ0n) is 5.29. The molecule has 0 saturated heterocycles. The molecular weight excluding hydrogens is 156 g/mol. The van der Waals surface area contributed by atoms with E-state index in [2.05, 4.69) is 9.68 Å². The molecule has 1 rings (SSSR count). The minimum atomic E-state index is -0.210. The van der Waals surface area contributed by atoms with Gasteiger partial charge in [-0.2, -0.15) is 5.16 Å². The highest BCUT2D eigenvalue weighted by molar-refractivity contribution is 5.85. The Hall–Kier alpha value is -0.740. The summed E-state index contributed by atoms with van der Waals surface area (Å²) in [5, 5.41) is 2.17. The van der Waals surface area contributed by atoms with E-state index in [0.717, 1.165) is 0 Å². The smallest absolute Gasteiger partial charge is 0.280 e. The van der Waals surface area contributed by atoms with E-state index >= 15 is 0 Å². The summed E-state index contributed by atoms with van der Waals surface area (Å²) in [6.07, 6.45) is 0.610. The van der Waals surface area contributed by atoms with Crippen LogP contribution in [0.3, 0.4) is 0 Å². The molecule has 0 amide bonds. The van der Waals surface area contributed by atoms with Crippen LogP contribution in [0.2, 0.25) is 0 Å². The van der Waals surface area contributed by atoms with Crippen molar-refractivity contribution >= 4 is 12.4 Å². The van der Waals surface area contributed by atoms with Gasteiger partial charge in [0.15, 0.2) is 0 Å². The van der Waals surface area contributed by atoms with Crippen molar-refractivity contribution in [1.29, 1.82) is 0 Å². The van der Waals surface area contributed by atoms with E-state index in [1.54, 1.807) is 0 Å². The van der Waals surface area contributed by atoms with Gasteiger partial charge in [0.05, 0.1) is 0 Å². The number of H-pyrrole nitrogens is 1. The molecule has 5 heteroatoms. The second kappa shape index (κ2) is 4.14. The SMILES string of the molecule is Cl.NCCc1cc(=O)[nH]o1. The molecule has 0 bridgehead atoms. The van der Waals surface area contributed by atoms with Gasteiger partial charge < -0.3 is 10.3 Å². The minimum absolute atomic E-state index is 0. The highest BCUT2D eigenvalue weighted by Crippen LogP contribution is 1.90. The highest BCUT2D eigenvalue weighted by Gasteiger charge is 1.94. The lowest BCUT2D eigenvalue weighted by molar-refractivity contribution is 0.380. The van der Waals surface area contributed by atoms with Gasteiger partial charge in [-0.15, -0.1) is 12.4 Å². The second-order valence-corrected chi connectivity index (χ2v) is 1.72. The van der Waals surface area contributed by atoms with E-state index in [4.69, 9.17) is 5.73 Å². The third kappa shape index (κ3) is 2.24. The van der Waals surface area contributed by atoms with Crippen molar-refractivity contribution in [3.8, 4) is 0 Å². The van der Waals surface area contributed by atoms with Crippen molar-refractivity contribution in [3.05, 3.63) is 22.2 Å². The maximum Gasteiger partial charge on any atom is 0.280 e. The molecule has 58 valence electrons. The quantitative estimate of drug-likeness (QED) is 0.641. The van der Waals surface area contributed by atoms with Crippen molar-refractivity contribution in [1.82, 2.24) is 5.16 Å². The summed E-state index contributed by atoms with van der Waals surface area (Å²) in [6.45, 7) is 0.501. The average molecular weight is 165 g/mol. The Morgan fingerprint density at radius 2 is 2.40 bits per heavy atom. The standard InChI is InChI=1S/C5H8N2O2.ClH/c6-2-1-4-3-5(8)7-9-4;/h3H,1-2,6H2,(H,7,8);1H. The van der Waals surface area contributed by atoms with E-state index < -0.39 is 0 Å². The van der Waals surface area contributed by atoms with Crippen molar-refractivity contribution in [2.45, 2.75) is 6.42 Å². The molecule has 1 aromatic rings. The average Bonchev–Trinajstić information content (AvgIpc) is 2.17. The molecule has 1 heterocycles. The van der Waals surface area contributed by atoms with Crippen LogP contribution < -0.4 is 11.3 Å². The van der Waals surface area contributed by atoms with Gasteiger partial charge in [-0.25, -0.2) is 0 Å². The molecule has 1 aromatic heterocycles. The summed E-state index contributed by atoms with van der Waals surface area (Å²) in [6, 6.07) is 1.40. The number of nitrogens with two attached hydrogens (primary N) is 1. The number of hydrogen-bond acceptors (Lipinski definition) is 3. The number of nitrogens with one attached hydrogen (secondary N) is 1. The Morgan fingerprint density at radius 1 is 1.70 bits per heavy atom. The first-order chi connectivity index (χ1) is 4.33.